The lowest BCUT2D eigenvalue weighted by molar-refractivity contribution is -0.124. The van der Waals surface area contributed by atoms with Gasteiger partial charge in [0.15, 0.2) is 0 Å². The Labute approximate surface area is 605 Å². The van der Waals surface area contributed by atoms with Crippen LogP contribution in [0.3, 0.4) is 0 Å². The zero-order valence-electron chi connectivity index (χ0n) is 60.2. The third kappa shape index (κ3) is 19.9. The van der Waals surface area contributed by atoms with Crippen molar-refractivity contribution in [2.24, 2.45) is 0 Å². The molecule has 4 aliphatic heterocycles. The van der Waals surface area contributed by atoms with E-state index < -0.39 is 47.6 Å². The molecule has 2 fully saturated rings. The Kier molecular flexibility index (Phi) is 24.6. The average molecular weight is 1420 g/mol. The number of carbonyl (C=O) groups excluding carboxylic acids is 6. The molecule has 8 heterocycles. The fourth-order valence-corrected chi connectivity index (χ4v) is 12.8. The van der Waals surface area contributed by atoms with E-state index in [1.54, 1.807) is 22.2 Å². The van der Waals surface area contributed by atoms with Gasteiger partial charge in [0, 0.05) is 26.3 Å². The molecule has 104 heavy (non-hydrogen) atoms. The summed E-state index contributed by atoms with van der Waals surface area (Å²) < 4.78 is 32.2. The Morgan fingerprint density at radius 2 is 0.740 bits per heavy atom. The number of rotatable bonds is 12. The molecule has 6 amide bonds. The number of aromatic nitrogens is 8. The van der Waals surface area contributed by atoms with Gasteiger partial charge in [-0.1, -0.05) is 121 Å². The highest BCUT2D eigenvalue weighted by molar-refractivity contribution is 5.87. The van der Waals surface area contributed by atoms with Crippen LogP contribution >= 0.6 is 0 Å². The maximum absolute atomic E-state index is 13.2. The Morgan fingerprint density at radius 3 is 1.06 bits per heavy atom. The summed E-state index contributed by atoms with van der Waals surface area (Å²) in [5.41, 5.74) is 10.4. The molecule has 2 saturated heterocycles. The molecule has 0 unspecified atom stereocenters. The van der Waals surface area contributed by atoms with Gasteiger partial charge in [0.2, 0.25) is 11.8 Å². The fraction of sp³-hybridized carbons (Fsp3) is 0.410. The number of allylic oxidation sites excluding steroid dienone is 2. The van der Waals surface area contributed by atoms with Gasteiger partial charge < -0.3 is 69.6 Å². The van der Waals surface area contributed by atoms with Crippen molar-refractivity contribution in [2.75, 3.05) is 53.7 Å². The molecule has 0 saturated carbocycles. The number of alkyl carbamates (subject to hydrolysis) is 2. The highest BCUT2D eigenvalue weighted by Gasteiger charge is 2.37. The van der Waals surface area contributed by atoms with Crippen LogP contribution in [0.5, 0.6) is 0 Å². The molecule has 4 aromatic carbocycles. The number of ether oxygens (including phenoxy) is 6. The zero-order valence-corrected chi connectivity index (χ0v) is 60.2. The van der Waals surface area contributed by atoms with Crippen molar-refractivity contribution >= 4 is 36.2 Å². The number of hydrogen-bond donors (Lipinski definition) is 8. The molecule has 8 aromatic rings. The summed E-state index contributed by atoms with van der Waals surface area (Å²) in [7, 11) is 2.54. The molecular weight excluding hydrogens is 1320 g/mol. The fourth-order valence-electron chi connectivity index (χ4n) is 12.8. The number of H-pyrrole nitrogens is 4. The molecule has 4 aromatic heterocycles. The van der Waals surface area contributed by atoms with Crippen LogP contribution in [0.1, 0.15) is 153 Å². The second kappa shape index (κ2) is 34.4. The van der Waals surface area contributed by atoms with E-state index in [4.69, 9.17) is 28.4 Å². The quantitative estimate of drug-likeness (QED) is 0.0416. The summed E-state index contributed by atoms with van der Waals surface area (Å²) in [4.78, 5) is 112. The average Bonchev–Trinajstić information content (AvgIpc) is 1.68. The van der Waals surface area contributed by atoms with Crippen molar-refractivity contribution in [2.45, 2.75) is 153 Å². The van der Waals surface area contributed by atoms with Gasteiger partial charge in [-0.25, -0.2) is 39.1 Å². The summed E-state index contributed by atoms with van der Waals surface area (Å²) in [5.74, 6) is 2.10. The summed E-state index contributed by atoms with van der Waals surface area (Å²) in [6.45, 7) is 14.3. The Balaban J connectivity index is 0.000000208. The molecule has 548 valence electrons. The van der Waals surface area contributed by atoms with Crippen LogP contribution in [0.2, 0.25) is 0 Å². The van der Waals surface area contributed by atoms with E-state index in [2.05, 4.69) is 134 Å². The highest BCUT2D eigenvalue weighted by atomic mass is 16.6. The van der Waals surface area contributed by atoms with Gasteiger partial charge in [-0.05, 0) is 150 Å². The summed E-state index contributed by atoms with van der Waals surface area (Å²) in [6, 6.07) is 30.3. The number of amides is 6. The van der Waals surface area contributed by atoms with E-state index in [-0.39, 0.29) is 36.1 Å². The minimum Gasteiger partial charge on any atom is -0.453 e. The maximum Gasteiger partial charge on any atom is 0.410 e. The van der Waals surface area contributed by atoms with Crippen molar-refractivity contribution in [3.8, 4) is 67.3 Å². The number of carbonyl (C=O) groups is 6. The molecule has 0 aliphatic carbocycles. The number of methoxy groups -OCH3 is 2. The third-order valence-corrected chi connectivity index (χ3v) is 18.2. The van der Waals surface area contributed by atoms with E-state index in [1.165, 1.54) is 14.2 Å². The maximum atomic E-state index is 13.2. The summed E-state index contributed by atoms with van der Waals surface area (Å²) in [5, 5.41) is 11.3. The van der Waals surface area contributed by atoms with Crippen LogP contribution in [0.25, 0.3) is 67.3 Å². The van der Waals surface area contributed by atoms with E-state index in [1.807, 2.05) is 103 Å². The first-order chi connectivity index (χ1) is 50.1. The molecule has 12 rings (SSSR count). The van der Waals surface area contributed by atoms with Crippen LogP contribution in [0, 0.1) is 0 Å². The zero-order chi connectivity index (χ0) is 73.3. The minimum atomic E-state index is -0.748. The van der Waals surface area contributed by atoms with Crippen LogP contribution < -0.4 is 21.3 Å². The van der Waals surface area contributed by atoms with Crippen molar-refractivity contribution in [1.29, 1.82) is 0 Å². The first kappa shape index (κ1) is 74.3. The lowest BCUT2D eigenvalue weighted by Gasteiger charge is -2.27. The van der Waals surface area contributed by atoms with Crippen molar-refractivity contribution in [1.82, 2.24) is 70.9 Å². The lowest BCUT2D eigenvalue weighted by atomic mass is 10.0. The molecule has 0 radical (unpaired) electrons. The first-order valence-electron chi connectivity index (χ1n) is 35.5. The number of likely N-dealkylation sites (tertiary alicyclic amines) is 2. The predicted molar refractivity (Wildman–Crippen MR) is 392 cm³/mol. The molecule has 0 spiro atoms. The molecule has 0 bridgehead atoms. The number of nitrogens with zero attached hydrogens (tertiary/aromatic N) is 6. The molecular formula is C78H94N14O12. The number of hydrogen-bond acceptors (Lipinski definition) is 16. The number of benzene rings is 4. The van der Waals surface area contributed by atoms with Gasteiger partial charge in [-0.2, -0.15) is 0 Å². The second-order valence-corrected chi connectivity index (χ2v) is 28.0. The predicted octanol–water partition coefficient (Wildman–Crippen LogP) is 13.7. The van der Waals surface area contributed by atoms with Crippen LogP contribution in [0.15, 0.2) is 146 Å². The van der Waals surface area contributed by atoms with Crippen LogP contribution in [-0.2, 0) is 38.0 Å². The summed E-state index contributed by atoms with van der Waals surface area (Å²) in [6.07, 6.45) is 19.4. The Hall–Kier alpha value is -10.9. The van der Waals surface area contributed by atoms with Crippen molar-refractivity contribution < 1.29 is 57.2 Å². The van der Waals surface area contributed by atoms with Crippen molar-refractivity contribution in [3.63, 3.8) is 0 Å². The number of imidazole rings is 4. The monoisotopic (exact) mass is 1420 g/mol. The van der Waals surface area contributed by atoms with Crippen molar-refractivity contribution in [3.05, 3.63) is 169 Å². The van der Waals surface area contributed by atoms with E-state index >= 15 is 0 Å². The van der Waals surface area contributed by atoms with Crippen LogP contribution in [-0.4, -0.2) is 163 Å². The smallest absolute Gasteiger partial charge is 0.410 e. The standard InChI is InChI=1S/2C39H47N7O6/c2*1-39(2,3)52-38(49)46-20-8-10-33(46)35-41-24-32(43-35)28-17-13-26(14-18-28)25-11-15-27(16-12-25)31-23-40-34(42-31)29-19-22-51-21-7-5-6-9-30(36(47)44-29)45-37(48)50-4/h2*5,7,11-18,23-24,29-30,33H,6,8-10,19-22H2,1-4H3,(H,40,42)(H,41,43)(H,44,47)(H,45,48)/b2*7-5-/t29-,30+,33-;29-,30-,33-/m00/s1. The minimum absolute atomic E-state index is 0.138. The second-order valence-electron chi connectivity index (χ2n) is 28.0. The Morgan fingerprint density at radius 1 is 0.433 bits per heavy atom. The van der Waals surface area contributed by atoms with Gasteiger partial charge in [0.25, 0.3) is 0 Å². The highest BCUT2D eigenvalue weighted by Crippen LogP contribution is 2.37. The molecule has 26 nitrogen and oxygen atoms in total. The van der Waals surface area contributed by atoms with E-state index in [9.17, 15) is 28.8 Å². The van der Waals surface area contributed by atoms with Gasteiger partial charge in [-0.15, -0.1) is 0 Å². The topological polar surface area (TPSA) is 327 Å². The number of nitrogens with one attached hydrogen (secondary N) is 8. The first-order valence-corrected chi connectivity index (χ1v) is 35.5. The molecule has 8 N–H and O–H groups in total. The largest absolute Gasteiger partial charge is 0.453 e. The SMILES string of the molecule is COC(=O)N[C@@H]1CC/C=C\COCC[C@@H](c2ncc(-c3ccc(-c4ccc(-c5cnc([C@@H]6CCCN6C(=O)OC(C)(C)C)[nH]5)cc4)cc3)[nH]2)NC1=O.COC(=O)N[C@H]1CC/C=C\COCC[C@@H](c2ncc(-c3ccc(-c4ccc(-c5cnc([C@@H]6CCCN6C(=O)OC(C)(C)C)[nH]5)cc4)cc3)[nH]2)NC1=O. The van der Waals surface area contributed by atoms with E-state index in [0.29, 0.717) is 89.7 Å². The third-order valence-electron chi connectivity index (χ3n) is 18.2. The van der Waals surface area contributed by atoms with Gasteiger partial charge >= 0.3 is 24.4 Å². The Bertz CT molecular complexity index is 3990. The lowest BCUT2D eigenvalue weighted by Crippen LogP contribution is -2.48. The van der Waals surface area contributed by atoms with Gasteiger partial charge in [-0.3, -0.25) is 19.4 Å². The molecule has 6 atom stereocenters. The molecule has 26 heteroatoms. The van der Waals surface area contributed by atoms with Gasteiger partial charge in [0.1, 0.15) is 46.6 Å². The number of aromatic amines is 4. The summed E-state index contributed by atoms with van der Waals surface area (Å²) >= 11 is 0. The van der Waals surface area contributed by atoms with Gasteiger partial charge in [0.05, 0.1) is 99.2 Å². The van der Waals surface area contributed by atoms with Crippen LogP contribution in [0.4, 0.5) is 19.2 Å². The van der Waals surface area contributed by atoms with E-state index in [0.717, 1.165) is 105 Å². The molecule has 4 aliphatic rings. The normalized spacial score (nSPS) is 20.7.